The van der Waals surface area contributed by atoms with Crippen molar-refractivity contribution in [2.45, 2.75) is 25.4 Å². The Morgan fingerprint density at radius 3 is 3.04 bits per heavy atom. The summed E-state index contributed by atoms with van der Waals surface area (Å²) in [5.74, 6) is 0.950. The molecule has 7 nitrogen and oxygen atoms in total. The summed E-state index contributed by atoms with van der Waals surface area (Å²) in [4.78, 5) is 26.2. The van der Waals surface area contributed by atoms with Crippen molar-refractivity contribution in [3.63, 3.8) is 0 Å². The summed E-state index contributed by atoms with van der Waals surface area (Å²) in [6.45, 7) is 1.31. The molecule has 1 atom stereocenters. The second-order valence-corrected chi connectivity index (χ2v) is 6.66. The van der Waals surface area contributed by atoms with E-state index in [1.165, 1.54) is 6.20 Å². The van der Waals surface area contributed by atoms with Crippen molar-refractivity contribution in [1.29, 1.82) is 0 Å². The average Bonchev–Trinajstić information content (AvgIpc) is 3.11. The van der Waals surface area contributed by atoms with Crippen LogP contribution >= 0.6 is 0 Å². The summed E-state index contributed by atoms with van der Waals surface area (Å²) in [6, 6.07) is 8.03. The van der Waals surface area contributed by atoms with Crippen LogP contribution in [0.3, 0.4) is 0 Å². The number of hydrogen-bond donors (Lipinski definition) is 1. The van der Waals surface area contributed by atoms with E-state index in [4.69, 9.17) is 9.47 Å². The normalized spacial score (nSPS) is 17.1. The number of H-pyrrole nitrogens is 1. The molecule has 0 spiro atoms. The van der Waals surface area contributed by atoms with E-state index < -0.39 is 0 Å². The number of fused-ring (bicyclic) bond motifs is 1. The first kappa shape index (κ1) is 17.3. The third kappa shape index (κ3) is 3.86. The maximum atomic E-state index is 12.8. The van der Waals surface area contributed by atoms with Crippen LogP contribution in [0.15, 0.2) is 42.9 Å². The van der Waals surface area contributed by atoms with Crippen molar-refractivity contribution >= 4 is 16.8 Å². The fourth-order valence-electron chi connectivity index (χ4n) is 3.47. The predicted octanol–water partition coefficient (Wildman–Crippen LogP) is 2.58. The number of aromatic nitrogens is 3. The van der Waals surface area contributed by atoms with Crippen molar-refractivity contribution in [3.8, 4) is 11.8 Å². The highest BCUT2D eigenvalue weighted by Gasteiger charge is 2.26. The van der Waals surface area contributed by atoms with Crippen LogP contribution in [-0.4, -0.2) is 52.1 Å². The van der Waals surface area contributed by atoms with Crippen LogP contribution in [0.5, 0.6) is 11.8 Å². The maximum Gasteiger partial charge on any atom is 0.235 e. The van der Waals surface area contributed by atoms with Gasteiger partial charge in [-0.3, -0.25) is 9.78 Å². The molecule has 1 fully saturated rings. The third-order valence-electron chi connectivity index (χ3n) is 4.83. The number of carbonyl (C=O) groups is 1. The van der Waals surface area contributed by atoms with Gasteiger partial charge in [-0.1, -0.05) is 18.2 Å². The number of amides is 1. The molecule has 0 bridgehead atoms. The number of rotatable bonds is 5. The van der Waals surface area contributed by atoms with Gasteiger partial charge in [0.05, 0.1) is 32.5 Å². The molecule has 0 aliphatic carbocycles. The van der Waals surface area contributed by atoms with Gasteiger partial charge in [0.25, 0.3) is 0 Å². The second kappa shape index (κ2) is 7.65. The van der Waals surface area contributed by atoms with E-state index in [2.05, 4.69) is 15.0 Å². The smallest absolute Gasteiger partial charge is 0.235 e. The number of nitrogens with zero attached hydrogens (tertiary/aromatic N) is 3. The number of para-hydroxylation sites is 1. The largest absolute Gasteiger partial charge is 0.480 e. The van der Waals surface area contributed by atoms with Crippen molar-refractivity contribution in [3.05, 3.63) is 48.4 Å². The van der Waals surface area contributed by atoms with Gasteiger partial charge in [-0.15, -0.1) is 0 Å². The molecule has 1 unspecified atom stereocenters. The summed E-state index contributed by atoms with van der Waals surface area (Å²) >= 11 is 0. The zero-order valence-corrected chi connectivity index (χ0v) is 15.2. The minimum absolute atomic E-state index is 0.0907. The quantitative estimate of drug-likeness (QED) is 0.751. The minimum Gasteiger partial charge on any atom is -0.480 e. The molecule has 1 aliphatic rings. The molecular weight excluding hydrogens is 344 g/mol. The van der Waals surface area contributed by atoms with Gasteiger partial charge in [0.2, 0.25) is 17.7 Å². The van der Waals surface area contributed by atoms with Crippen molar-refractivity contribution in [1.82, 2.24) is 19.9 Å². The monoisotopic (exact) mass is 366 g/mol. The number of methoxy groups -OCH3 is 1. The Hall–Kier alpha value is -3.09. The lowest BCUT2D eigenvalue weighted by atomic mass is 10.1. The van der Waals surface area contributed by atoms with Gasteiger partial charge in [0.1, 0.15) is 6.10 Å². The number of ether oxygens (including phenoxy) is 2. The van der Waals surface area contributed by atoms with E-state index >= 15 is 0 Å². The fourth-order valence-corrected chi connectivity index (χ4v) is 3.47. The molecule has 2 aromatic heterocycles. The van der Waals surface area contributed by atoms with E-state index in [-0.39, 0.29) is 12.0 Å². The van der Waals surface area contributed by atoms with Gasteiger partial charge in [-0.25, -0.2) is 0 Å². The van der Waals surface area contributed by atoms with E-state index in [9.17, 15) is 4.79 Å². The molecular formula is C20H22N4O3. The molecule has 1 aliphatic heterocycles. The van der Waals surface area contributed by atoms with Gasteiger partial charge in [0.15, 0.2) is 0 Å². The molecule has 1 saturated heterocycles. The van der Waals surface area contributed by atoms with Crippen molar-refractivity contribution in [2.24, 2.45) is 0 Å². The molecule has 0 radical (unpaired) electrons. The molecule has 140 valence electrons. The third-order valence-corrected chi connectivity index (χ3v) is 4.83. The summed E-state index contributed by atoms with van der Waals surface area (Å²) in [5.41, 5.74) is 2.08. The van der Waals surface area contributed by atoms with Crippen LogP contribution in [0, 0.1) is 0 Å². The highest BCUT2D eigenvalue weighted by atomic mass is 16.5. The van der Waals surface area contributed by atoms with Crippen LogP contribution in [0.4, 0.5) is 0 Å². The molecule has 7 heteroatoms. The maximum absolute atomic E-state index is 12.8. The van der Waals surface area contributed by atoms with Gasteiger partial charge < -0.3 is 19.4 Å². The van der Waals surface area contributed by atoms with Crippen LogP contribution in [0.25, 0.3) is 10.9 Å². The second-order valence-electron chi connectivity index (χ2n) is 6.66. The molecule has 1 N–H and O–H groups in total. The Bertz CT molecular complexity index is 940. The lowest BCUT2D eigenvalue weighted by molar-refractivity contribution is -0.133. The summed E-state index contributed by atoms with van der Waals surface area (Å²) in [6.07, 6.45) is 7.10. The first-order valence-electron chi connectivity index (χ1n) is 9.08. The zero-order valence-electron chi connectivity index (χ0n) is 15.2. The summed E-state index contributed by atoms with van der Waals surface area (Å²) < 4.78 is 11.0. The van der Waals surface area contributed by atoms with E-state index in [0.29, 0.717) is 24.7 Å². The van der Waals surface area contributed by atoms with Crippen LogP contribution in [0.2, 0.25) is 0 Å². The van der Waals surface area contributed by atoms with Crippen LogP contribution in [-0.2, 0) is 11.2 Å². The molecule has 3 aromatic rings. The van der Waals surface area contributed by atoms with E-state index in [0.717, 1.165) is 35.9 Å². The van der Waals surface area contributed by atoms with Gasteiger partial charge in [0, 0.05) is 23.6 Å². The fraction of sp³-hybridized carbons (Fsp3) is 0.350. The van der Waals surface area contributed by atoms with E-state index in [1.54, 1.807) is 13.3 Å². The van der Waals surface area contributed by atoms with Gasteiger partial charge in [-0.05, 0) is 24.5 Å². The average molecular weight is 366 g/mol. The van der Waals surface area contributed by atoms with Gasteiger partial charge in [-0.2, -0.15) is 4.98 Å². The Balaban J connectivity index is 1.40. The Morgan fingerprint density at radius 2 is 2.15 bits per heavy atom. The van der Waals surface area contributed by atoms with E-state index in [1.807, 2.05) is 35.4 Å². The number of piperidine rings is 1. The number of hydrogen-bond acceptors (Lipinski definition) is 5. The number of benzene rings is 1. The van der Waals surface area contributed by atoms with Crippen molar-refractivity contribution in [2.75, 3.05) is 20.2 Å². The van der Waals surface area contributed by atoms with Crippen molar-refractivity contribution < 1.29 is 14.3 Å². The summed E-state index contributed by atoms with van der Waals surface area (Å²) in [7, 11) is 1.54. The molecule has 1 aromatic carbocycles. The predicted molar refractivity (Wildman–Crippen MR) is 101 cm³/mol. The molecule has 27 heavy (non-hydrogen) atoms. The molecule has 3 heterocycles. The molecule has 1 amide bonds. The number of likely N-dealkylation sites (tertiary alicyclic amines) is 1. The number of nitrogens with one attached hydrogen (secondary N) is 1. The highest BCUT2D eigenvalue weighted by Crippen LogP contribution is 2.21. The Labute approximate surface area is 157 Å². The highest BCUT2D eigenvalue weighted by molar-refractivity contribution is 5.88. The first-order valence-corrected chi connectivity index (χ1v) is 9.08. The first-order chi connectivity index (χ1) is 13.2. The van der Waals surface area contributed by atoms with Crippen LogP contribution in [0.1, 0.15) is 18.4 Å². The summed E-state index contributed by atoms with van der Waals surface area (Å²) in [5, 5.41) is 1.10. The topological polar surface area (TPSA) is 80.3 Å². The lowest BCUT2D eigenvalue weighted by Gasteiger charge is -2.32. The minimum atomic E-state index is -0.0907. The Morgan fingerprint density at radius 1 is 1.30 bits per heavy atom. The molecule has 4 rings (SSSR count). The zero-order chi connectivity index (χ0) is 18.6. The number of carbonyl (C=O) groups excluding carboxylic acids is 1. The van der Waals surface area contributed by atoms with Crippen LogP contribution < -0.4 is 9.47 Å². The lowest BCUT2D eigenvalue weighted by Crippen LogP contribution is -2.45. The standard InChI is InChI=1S/C20H22N4O3/c1-26-18-11-21-12-19(23-18)27-15-5-4-8-24(13-15)20(25)9-14-10-22-17-7-3-2-6-16(14)17/h2-3,6-7,10-12,15,22H,4-5,8-9,13H2,1H3. The Kier molecular flexibility index (Phi) is 4.91. The van der Waals surface area contributed by atoms with Gasteiger partial charge >= 0.3 is 0 Å². The molecule has 0 saturated carbocycles. The number of aromatic amines is 1. The SMILES string of the molecule is COc1cncc(OC2CCCN(C(=O)Cc3c[nH]c4ccccc34)C2)n1.